The highest BCUT2D eigenvalue weighted by molar-refractivity contribution is 9.10. The van der Waals surface area contributed by atoms with Gasteiger partial charge in [0.05, 0.1) is 11.4 Å². The molecule has 0 aliphatic carbocycles. The zero-order valence-corrected chi connectivity index (χ0v) is 15.1. The fourth-order valence-corrected chi connectivity index (χ4v) is 3.51. The molecule has 2 N–H and O–H groups in total. The summed E-state index contributed by atoms with van der Waals surface area (Å²) in [7, 11) is 0. The summed E-state index contributed by atoms with van der Waals surface area (Å²) in [5.41, 5.74) is 0.160. The molecule has 0 saturated carbocycles. The summed E-state index contributed by atoms with van der Waals surface area (Å²) in [6.07, 6.45) is 0. The zero-order chi connectivity index (χ0) is 16.1. The molecule has 1 heterocycles. The first kappa shape index (κ1) is 17.2. The Hall–Kier alpha value is -1.19. The van der Waals surface area contributed by atoms with Gasteiger partial charge in [0, 0.05) is 10.5 Å². The van der Waals surface area contributed by atoms with Gasteiger partial charge < -0.3 is 10.6 Å². The molecule has 22 heavy (non-hydrogen) atoms. The number of nitrogens with one attached hydrogen (secondary N) is 2. The molecule has 0 saturated heterocycles. The molecule has 2 aromatic rings. The van der Waals surface area contributed by atoms with Gasteiger partial charge in [-0.25, -0.2) is 4.39 Å². The van der Waals surface area contributed by atoms with Crippen molar-refractivity contribution in [3.63, 3.8) is 0 Å². The number of rotatable bonds is 6. The highest BCUT2D eigenvalue weighted by atomic mass is 79.9. The number of carbonyl (C=O) groups is 1. The van der Waals surface area contributed by atoms with Crippen molar-refractivity contribution in [3.05, 3.63) is 28.5 Å². The summed E-state index contributed by atoms with van der Waals surface area (Å²) in [4.78, 5) is 11.8. The van der Waals surface area contributed by atoms with Crippen molar-refractivity contribution < 1.29 is 9.18 Å². The predicted molar refractivity (Wildman–Crippen MR) is 92.1 cm³/mol. The van der Waals surface area contributed by atoms with E-state index in [2.05, 4.69) is 36.8 Å². The van der Waals surface area contributed by atoms with E-state index in [-0.39, 0.29) is 23.4 Å². The smallest absolute Gasteiger partial charge is 0.234 e. The van der Waals surface area contributed by atoms with Crippen LogP contribution < -0.4 is 10.6 Å². The van der Waals surface area contributed by atoms with Gasteiger partial charge in [-0.15, -0.1) is 10.2 Å². The number of anilines is 2. The Balaban J connectivity index is 1.86. The average molecular weight is 405 g/mol. The van der Waals surface area contributed by atoms with Gasteiger partial charge in [0.2, 0.25) is 11.0 Å². The van der Waals surface area contributed by atoms with Crippen LogP contribution in [-0.2, 0) is 4.79 Å². The van der Waals surface area contributed by atoms with Gasteiger partial charge in [0.1, 0.15) is 5.82 Å². The minimum absolute atomic E-state index is 0.145. The Morgan fingerprint density at radius 2 is 2.23 bits per heavy atom. The number of hydrogen-bond donors (Lipinski definition) is 2. The molecule has 0 spiro atoms. The van der Waals surface area contributed by atoms with Crippen LogP contribution in [-0.4, -0.2) is 27.9 Å². The van der Waals surface area contributed by atoms with Crippen molar-refractivity contribution >= 4 is 55.8 Å². The SMILES string of the molecule is CC(C)Nc1nnc(SCC(=O)Nc2ccc(Br)cc2F)s1. The summed E-state index contributed by atoms with van der Waals surface area (Å²) in [5, 5.41) is 14.4. The van der Waals surface area contributed by atoms with Crippen LogP contribution in [0.1, 0.15) is 13.8 Å². The van der Waals surface area contributed by atoms with Gasteiger partial charge >= 0.3 is 0 Å². The maximum atomic E-state index is 13.6. The number of halogens is 2. The second-order valence-electron chi connectivity index (χ2n) is 4.63. The highest BCUT2D eigenvalue weighted by Crippen LogP contribution is 2.26. The largest absolute Gasteiger partial charge is 0.358 e. The molecule has 0 aliphatic heterocycles. The molecule has 0 fully saturated rings. The number of carbonyl (C=O) groups excluding carboxylic acids is 1. The lowest BCUT2D eigenvalue weighted by Gasteiger charge is -2.05. The summed E-state index contributed by atoms with van der Waals surface area (Å²) >= 11 is 5.82. The molecule has 0 unspecified atom stereocenters. The average Bonchev–Trinajstić information content (AvgIpc) is 2.86. The van der Waals surface area contributed by atoms with Crippen LogP contribution in [0, 0.1) is 5.82 Å². The van der Waals surface area contributed by atoms with E-state index in [0.29, 0.717) is 8.81 Å². The summed E-state index contributed by atoms with van der Waals surface area (Å²) in [5.74, 6) is -0.627. The van der Waals surface area contributed by atoms with E-state index in [0.717, 1.165) is 5.13 Å². The number of thioether (sulfide) groups is 1. The molecule has 118 valence electrons. The molecule has 1 amide bonds. The molecule has 1 aromatic heterocycles. The van der Waals surface area contributed by atoms with E-state index < -0.39 is 5.82 Å². The van der Waals surface area contributed by atoms with E-state index in [1.54, 1.807) is 6.07 Å². The monoisotopic (exact) mass is 404 g/mol. The molecule has 0 bridgehead atoms. The van der Waals surface area contributed by atoms with Crippen molar-refractivity contribution in [2.75, 3.05) is 16.4 Å². The topological polar surface area (TPSA) is 66.9 Å². The maximum Gasteiger partial charge on any atom is 0.234 e. The first-order chi connectivity index (χ1) is 10.4. The van der Waals surface area contributed by atoms with Gasteiger partial charge in [0.15, 0.2) is 4.34 Å². The number of amides is 1. The van der Waals surface area contributed by atoms with Crippen molar-refractivity contribution in [3.8, 4) is 0 Å². The van der Waals surface area contributed by atoms with Crippen LogP contribution >= 0.6 is 39.0 Å². The first-order valence-electron chi connectivity index (χ1n) is 6.42. The van der Waals surface area contributed by atoms with Crippen LogP contribution in [0.4, 0.5) is 15.2 Å². The van der Waals surface area contributed by atoms with Crippen molar-refractivity contribution in [1.29, 1.82) is 0 Å². The van der Waals surface area contributed by atoms with Gasteiger partial charge in [-0.2, -0.15) is 0 Å². The van der Waals surface area contributed by atoms with Gasteiger partial charge in [-0.3, -0.25) is 4.79 Å². The number of benzene rings is 1. The Morgan fingerprint density at radius 1 is 1.45 bits per heavy atom. The fourth-order valence-electron chi connectivity index (χ4n) is 1.48. The predicted octanol–water partition coefficient (Wildman–Crippen LogP) is 3.99. The number of nitrogens with zero attached hydrogens (tertiary/aromatic N) is 2. The third-order valence-corrected chi connectivity index (χ3v) is 4.83. The zero-order valence-electron chi connectivity index (χ0n) is 11.9. The third kappa shape index (κ3) is 5.22. The molecule has 0 aliphatic rings. The Bertz CT molecular complexity index is 665. The summed E-state index contributed by atoms with van der Waals surface area (Å²) in [6.45, 7) is 4.02. The summed E-state index contributed by atoms with van der Waals surface area (Å²) in [6, 6.07) is 4.75. The van der Waals surface area contributed by atoms with Crippen LogP contribution in [0.25, 0.3) is 0 Å². The Morgan fingerprint density at radius 3 is 2.91 bits per heavy atom. The second kappa shape index (κ2) is 7.89. The normalized spacial score (nSPS) is 10.8. The quantitative estimate of drug-likeness (QED) is 0.712. The van der Waals surface area contributed by atoms with E-state index in [1.165, 1.54) is 35.2 Å². The van der Waals surface area contributed by atoms with E-state index in [4.69, 9.17) is 0 Å². The molecule has 0 atom stereocenters. The lowest BCUT2D eigenvalue weighted by molar-refractivity contribution is -0.113. The lowest BCUT2D eigenvalue weighted by atomic mass is 10.3. The van der Waals surface area contributed by atoms with Gasteiger partial charge in [-0.05, 0) is 32.0 Å². The molecular weight excluding hydrogens is 391 g/mol. The fraction of sp³-hybridized carbons (Fsp3) is 0.308. The van der Waals surface area contributed by atoms with Crippen LogP contribution in [0.5, 0.6) is 0 Å². The number of aromatic nitrogens is 2. The molecule has 0 radical (unpaired) electrons. The Labute approximate surface area is 144 Å². The van der Waals surface area contributed by atoms with E-state index in [1.807, 2.05) is 13.8 Å². The van der Waals surface area contributed by atoms with E-state index >= 15 is 0 Å². The summed E-state index contributed by atoms with van der Waals surface area (Å²) < 4.78 is 14.9. The second-order valence-corrected chi connectivity index (χ2v) is 7.75. The van der Waals surface area contributed by atoms with Crippen molar-refractivity contribution in [2.45, 2.75) is 24.2 Å². The minimum Gasteiger partial charge on any atom is -0.358 e. The van der Waals surface area contributed by atoms with Crippen LogP contribution in [0.3, 0.4) is 0 Å². The van der Waals surface area contributed by atoms with Crippen LogP contribution in [0.15, 0.2) is 27.0 Å². The Kier molecular flexibility index (Phi) is 6.16. The molecule has 5 nitrogen and oxygen atoms in total. The molecule has 9 heteroatoms. The van der Waals surface area contributed by atoms with Crippen molar-refractivity contribution in [2.24, 2.45) is 0 Å². The number of hydrogen-bond acceptors (Lipinski definition) is 6. The van der Waals surface area contributed by atoms with Crippen LogP contribution in [0.2, 0.25) is 0 Å². The molecular formula is C13H14BrFN4OS2. The standard InChI is InChI=1S/C13H14BrFN4OS2/c1-7(2)16-12-18-19-13(22-12)21-6-11(20)17-10-4-3-8(14)5-9(10)15/h3-5,7H,6H2,1-2H3,(H,16,18)(H,17,20). The van der Waals surface area contributed by atoms with E-state index in [9.17, 15) is 9.18 Å². The highest BCUT2D eigenvalue weighted by Gasteiger charge is 2.11. The minimum atomic E-state index is -0.480. The van der Waals surface area contributed by atoms with Gasteiger partial charge in [-0.1, -0.05) is 39.0 Å². The molecule has 2 rings (SSSR count). The molecule has 1 aromatic carbocycles. The first-order valence-corrected chi connectivity index (χ1v) is 9.01. The van der Waals surface area contributed by atoms with Crippen molar-refractivity contribution in [1.82, 2.24) is 10.2 Å². The third-order valence-electron chi connectivity index (χ3n) is 2.35. The van der Waals surface area contributed by atoms with Gasteiger partial charge in [0.25, 0.3) is 0 Å². The maximum absolute atomic E-state index is 13.6. The lowest BCUT2D eigenvalue weighted by Crippen LogP contribution is -2.14.